The minimum absolute atomic E-state index is 0.467. The molecule has 0 radical (unpaired) electrons. The number of nitrogens with zero attached hydrogens (tertiary/aromatic N) is 2. The van der Waals surface area contributed by atoms with Gasteiger partial charge in [0.2, 0.25) is 0 Å². The van der Waals surface area contributed by atoms with Gasteiger partial charge in [-0.3, -0.25) is 0 Å². The number of allylic oxidation sites excluding steroid dienone is 4. The van der Waals surface area contributed by atoms with Crippen molar-refractivity contribution in [3.63, 3.8) is 0 Å². The highest BCUT2D eigenvalue weighted by atomic mass is 32.1. The summed E-state index contributed by atoms with van der Waals surface area (Å²) in [6.07, 6.45) is 9.54. The van der Waals surface area contributed by atoms with Crippen LogP contribution < -0.4 is 5.73 Å². The average molecular weight is 233 g/mol. The lowest BCUT2D eigenvalue weighted by Gasteiger charge is -2.07. The zero-order valence-corrected chi connectivity index (χ0v) is 9.91. The first-order chi connectivity index (χ1) is 7.67. The van der Waals surface area contributed by atoms with Crippen molar-refractivity contribution in [1.29, 1.82) is 0 Å². The van der Waals surface area contributed by atoms with Gasteiger partial charge < -0.3 is 10.3 Å². The first-order valence-electron chi connectivity index (χ1n) is 4.88. The number of imidazole rings is 1. The largest absolute Gasteiger partial charge is 0.393 e. The van der Waals surface area contributed by atoms with E-state index in [-0.39, 0.29) is 0 Å². The third kappa shape index (κ3) is 3.47. The second kappa shape index (κ2) is 6.02. The second-order valence-electron chi connectivity index (χ2n) is 3.34. The van der Waals surface area contributed by atoms with Crippen LogP contribution in [0.2, 0.25) is 0 Å². The van der Waals surface area contributed by atoms with Gasteiger partial charge in [-0.15, -0.1) is 0 Å². The maximum Gasteiger partial charge on any atom is 0.0951 e. The van der Waals surface area contributed by atoms with E-state index in [0.29, 0.717) is 18.0 Å². The number of nitrogens with two attached hydrogens (primary N) is 1. The summed E-state index contributed by atoms with van der Waals surface area (Å²) in [5.41, 5.74) is 7.58. The van der Waals surface area contributed by atoms with Crippen molar-refractivity contribution in [1.82, 2.24) is 9.55 Å². The molecule has 0 spiro atoms. The Labute approximate surface area is 101 Å². The maximum absolute atomic E-state index is 5.51. The lowest BCUT2D eigenvalue weighted by molar-refractivity contribution is 0.761. The Morgan fingerprint density at radius 2 is 2.31 bits per heavy atom. The molecular weight excluding hydrogens is 218 g/mol. The van der Waals surface area contributed by atoms with Crippen LogP contribution in [0.5, 0.6) is 0 Å². The molecule has 0 fully saturated rings. The zero-order valence-electron chi connectivity index (χ0n) is 9.10. The van der Waals surface area contributed by atoms with Crippen molar-refractivity contribution in [2.45, 2.75) is 13.0 Å². The first-order valence-corrected chi connectivity index (χ1v) is 5.29. The lowest BCUT2D eigenvalue weighted by atomic mass is 10.2. The van der Waals surface area contributed by atoms with E-state index in [9.17, 15) is 0 Å². The minimum Gasteiger partial charge on any atom is -0.393 e. The molecule has 0 aliphatic carbocycles. The second-order valence-corrected chi connectivity index (χ2v) is 3.86. The molecule has 0 aliphatic rings. The predicted molar refractivity (Wildman–Crippen MR) is 71.2 cm³/mol. The summed E-state index contributed by atoms with van der Waals surface area (Å²) in [6.45, 7) is 8.11. The fourth-order valence-corrected chi connectivity index (χ4v) is 1.50. The molecule has 3 nitrogen and oxygen atoms in total. The van der Waals surface area contributed by atoms with E-state index in [1.807, 2.05) is 10.6 Å². The quantitative estimate of drug-likeness (QED) is 0.604. The molecule has 16 heavy (non-hydrogen) atoms. The molecule has 2 N–H and O–H groups in total. The van der Waals surface area contributed by atoms with Crippen LogP contribution >= 0.6 is 12.2 Å². The molecule has 0 amide bonds. The van der Waals surface area contributed by atoms with E-state index in [0.717, 1.165) is 11.3 Å². The van der Waals surface area contributed by atoms with Crippen LogP contribution in [-0.2, 0) is 13.0 Å². The predicted octanol–water partition coefficient (Wildman–Crippen LogP) is 2.01. The Kier molecular flexibility index (Phi) is 4.66. The molecule has 0 saturated carbocycles. The highest BCUT2D eigenvalue weighted by Crippen LogP contribution is 2.07. The van der Waals surface area contributed by atoms with E-state index in [1.54, 1.807) is 24.7 Å². The van der Waals surface area contributed by atoms with Crippen molar-refractivity contribution in [3.05, 3.63) is 55.2 Å². The number of aromatic nitrogens is 2. The van der Waals surface area contributed by atoms with Crippen LogP contribution in [0.4, 0.5) is 0 Å². The third-order valence-corrected chi connectivity index (χ3v) is 2.25. The standard InChI is InChI=1S/C12H15N3S/c1-3-5-10(4-2)8-15-9-14-7-11(15)6-12(13)16/h3-5,7,9H,1-2,6,8H2,(H2,13,16)/b10-5+. The van der Waals surface area contributed by atoms with Gasteiger partial charge in [-0.1, -0.05) is 43.6 Å². The molecule has 0 bridgehead atoms. The Hall–Kier alpha value is -1.68. The van der Waals surface area contributed by atoms with E-state index < -0.39 is 0 Å². The fourth-order valence-electron chi connectivity index (χ4n) is 1.35. The van der Waals surface area contributed by atoms with Gasteiger partial charge in [0.05, 0.1) is 11.3 Å². The van der Waals surface area contributed by atoms with Crippen molar-refractivity contribution in [3.8, 4) is 0 Å². The molecule has 84 valence electrons. The Bertz CT molecular complexity index is 429. The van der Waals surface area contributed by atoms with Crippen LogP contribution in [0.3, 0.4) is 0 Å². The van der Waals surface area contributed by atoms with Gasteiger partial charge in [-0.25, -0.2) is 4.98 Å². The summed E-state index contributed by atoms with van der Waals surface area (Å²) in [6, 6.07) is 0. The summed E-state index contributed by atoms with van der Waals surface area (Å²) in [4.78, 5) is 4.55. The SMILES string of the molecule is C=C/C=C(\C=C)Cn1cncc1CC(N)=S. The van der Waals surface area contributed by atoms with Gasteiger partial charge >= 0.3 is 0 Å². The monoisotopic (exact) mass is 233 g/mol. The third-order valence-electron chi connectivity index (χ3n) is 2.10. The average Bonchev–Trinajstić information content (AvgIpc) is 2.64. The molecule has 0 aromatic carbocycles. The molecule has 4 heteroatoms. The minimum atomic E-state index is 0.467. The van der Waals surface area contributed by atoms with Crippen molar-refractivity contribution >= 4 is 17.2 Å². The number of hydrogen-bond donors (Lipinski definition) is 1. The van der Waals surface area contributed by atoms with Crippen molar-refractivity contribution in [2.75, 3.05) is 0 Å². The van der Waals surface area contributed by atoms with Gasteiger partial charge in [0.25, 0.3) is 0 Å². The van der Waals surface area contributed by atoms with E-state index in [2.05, 4.69) is 18.1 Å². The number of hydrogen-bond acceptors (Lipinski definition) is 2. The molecule has 0 saturated heterocycles. The first kappa shape index (κ1) is 12.4. The molecule has 0 unspecified atom stereocenters. The molecule has 1 heterocycles. The Balaban J connectivity index is 2.84. The van der Waals surface area contributed by atoms with Gasteiger partial charge in [-0.2, -0.15) is 0 Å². The molecule has 0 aliphatic heterocycles. The molecular formula is C12H15N3S. The summed E-state index contributed by atoms with van der Waals surface area (Å²) in [5, 5.41) is 0. The van der Waals surface area contributed by atoms with Gasteiger partial charge in [0.1, 0.15) is 0 Å². The smallest absolute Gasteiger partial charge is 0.0951 e. The van der Waals surface area contributed by atoms with E-state index in [1.165, 1.54) is 0 Å². The van der Waals surface area contributed by atoms with Gasteiger partial charge in [0.15, 0.2) is 0 Å². The highest BCUT2D eigenvalue weighted by Gasteiger charge is 2.03. The highest BCUT2D eigenvalue weighted by molar-refractivity contribution is 7.80. The van der Waals surface area contributed by atoms with Crippen LogP contribution in [0, 0.1) is 0 Å². The van der Waals surface area contributed by atoms with E-state index >= 15 is 0 Å². The fraction of sp³-hybridized carbons (Fsp3) is 0.167. The van der Waals surface area contributed by atoms with Gasteiger partial charge in [-0.05, 0) is 5.57 Å². The lowest BCUT2D eigenvalue weighted by Crippen LogP contribution is -2.14. The van der Waals surface area contributed by atoms with Crippen LogP contribution in [0.15, 0.2) is 49.5 Å². The normalized spacial score (nSPS) is 11.1. The maximum atomic E-state index is 5.51. The summed E-state index contributed by atoms with van der Waals surface area (Å²) < 4.78 is 2.00. The molecule has 1 aromatic rings. The van der Waals surface area contributed by atoms with Crippen LogP contribution in [-0.4, -0.2) is 14.5 Å². The van der Waals surface area contributed by atoms with Crippen LogP contribution in [0.1, 0.15) is 5.69 Å². The Morgan fingerprint density at radius 1 is 1.56 bits per heavy atom. The van der Waals surface area contributed by atoms with Crippen molar-refractivity contribution in [2.24, 2.45) is 5.73 Å². The van der Waals surface area contributed by atoms with Gasteiger partial charge in [0, 0.05) is 24.9 Å². The summed E-state index contributed by atoms with van der Waals surface area (Å²) in [7, 11) is 0. The molecule has 1 rings (SSSR count). The summed E-state index contributed by atoms with van der Waals surface area (Å²) >= 11 is 4.88. The zero-order chi connectivity index (χ0) is 12.0. The van der Waals surface area contributed by atoms with Crippen LogP contribution in [0.25, 0.3) is 0 Å². The Morgan fingerprint density at radius 3 is 2.88 bits per heavy atom. The number of rotatable bonds is 6. The number of thiocarbonyl (C=S) groups is 1. The molecule has 1 aromatic heterocycles. The molecule has 0 atom stereocenters. The van der Waals surface area contributed by atoms with E-state index in [4.69, 9.17) is 18.0 Å². The topological polar surface area (TPSA) is 43.8 Å². The van der Waals surface area contributed by atoms with Crippen molar-refractivity contribution < 1.29 is 0 Å². The summed E-state index contributed by atoms with van der Waals surface area (Å²) in [5.74, 6) is 0.